The zero-order valence-electron chi connectivity index (χ0n) is 22.0. The number of hydrogen-bond donors (Lipinski definition) is 0. The van der Waals surface area contributed by atoms with Crippen molar-refractivity contribution in [2.24, 2.45) is 5.92 Å². The maximum absolute atomic E-state index is 13.8. The van der Waals surface area contributed by atoms with E-state index in [1.807, 2.05) is 22.8 Å². The van der Waals surface area contributed by atoms with Crippen LogP contribution in [0.2, 0.25) is 0 Å². The van der Waals surface area contributed by atoms with Crippen LogP contribution in [0.5, 0.6) is 5.75 Å². The van der Waals surface area contributed by atoms with Gasteiger partial charge in [-0.05, 0) is 55.2 Å². The summed E-state index contributed by atoms with van der Waals surface area (Å²) in [5, 5.41) is 14.2. The molecular formula is C29H30FN5O3S. The van der Waals surface area contributed by atoms with Gasteiger partial charge in [0.2, 0.25) is 10.0 Å². The molecule has 3 aliphatic rings. The van der Waals surface area contributed by atoms with Crippen LogP contribution < -0.4 is 9.64 Å². The summed E-state index contributed by atoms with van der Waals surface area (Å²) in [6.45, 7) is 3.40. The van der Waals surface area contributed by atoms with Crippen LogP contribution in [-0.2, 0) is 16.4 Å². The minimum Gasteiger partial charge on any atom is -0.490 e. The number of halogens is 1. The normalized spacial score (nSPS) is 20.3. The third-order valence-electron chi connectivity index (χ3n) is 8.26. The van der Waals surface area contributed by atoms with Gasteiger partial charge in [-0.1, -0.05) is 18.1 Å². The van der Waals surface area contributed by atoms with Gasteiger partial charge in [0.1, 0.15) is 24.7 Å². The first-order valence-electron chi connectivity index (χ1n) is 13.2. The van der Waals surface area contributed by atoms with Crippen molar-refractivity contribution in [3.05, 3.63) is 76.9 Å². The number of likely N-dealkylation sites (N-methyl/N-ethyl adjacent to an activating group) is 1. The van der Waals surface area contributed by atoms with E-state index in [0.717, 1.165) is 48.4 Å². The molecule has 2 aliphatic carbocycles. The molecule has 0 bridgehead atoms. The van der Waals surface area contributed by atoms with Crippen molar-refractivity contribution in [1.29, 1.82) is 5.26 Å². The molecule has 39 heavy (non-hydrogen) atoms. The highest BCUT2D eigenvalue weighted by Crippen LogP contribution is 2.47. The number of ether oxygens (including phenoxy) is 1. The highest BCUT2D eigenvalue weighted by atomic mass is 32.2. The number of sulfonamides is 1. The summed E-state index contributed by atoms with van der Waals surface area (Å²) >= 11 is 0. The summed E-state index contributed by atoms with van der Waals surface area (Å²) in [5.74, 6) is 0.341. The first kappa shape index (κ1) is 25.6. The van der Waals surface area contributed by atoms with Crippen LogP contribution in [-0.4, -0.2) is 55.8 Å². The minimum atomic E-state index is -3.91. The van der Waals surface area contributed by atoms with Crippen molar-refractivity contribution < 1.29 is 17.5 Å². The quantitative estimate of drug-likeness (QED) is 0.335. The predicted octanol–water partition coefficient (Wildman–Crippen LogP) is 4.42. The van der Waals surface area contributed by atoms with Crippen LogP contribution in [0, 0.1) is 23.1 Å². The van der Waals surface area contributed by atoms with E-state index in [9.17, 15) is 18.1 Å². The van der Waals surface area contributed by atoms with Crippen molar-refractivity contribution in [2.75, 3.05) is 38.2 Å². The summed E-state index contributed by atoms with van der Waals surface area (Å²) in [4.78, 5) is 2.17. The zero-order valence-corrected chi connectivity index (χ0v) is 22.8. The lowest BCUT2D eigenvalue weighted by atomic mass is 9.80. The van der Waals surface area contributed by atoms with Crippen LogP contribution in [0.15, 0.2) is 64.7 Å². The molecular weight excluding hydrogens is 517 g/mol. The summed E-state index contributed by atoms with van der Waals surface area (Å²) in [6, 6.07) is 13.3. The fourth-order valence-corrected chi connectivity index (χ4v) is 7.69. The molecule has 8 nitrogen and oxygen atoms in total. The van der Waals surface area contributed by atoms with Gasteiger partial charge in [0, 0.05) is 37.6 Å². The number of nitriles is 1. The highest BCUT2D eigenvalue weighted by molar-refractivity contribution is 7.89. The molecule has 1 aromatic heterocycles. The number of fused-ring (bicyclic) bond motifs is 2. The molecule has 0 unspecified atom stereocenters. The Balaban J connectivity index is 1.27. The van der Waals surface area contributed by atoms with E-state index in [1.165, 1.54) is 27.6 Å². The van der Waals surface area contributed by atoms with E-state index in [-0.39, 0.29) is 35.6 Å². The topological polar surface area (TPSA) is 91.5 Å². The second-order valence-corrected chi connectivity index (χ2v) is 12.4. The maximum atomic E-state index is 13.8. The lowest BCUT2D eigenvalue weighted by Gasteiger charge is -2.30. The lowest BCUT2D eigenvalue weighted by molar-refractivity contribution is 0.310. The fourth-order valence-electron chi connectivity index (χ4n) is 6.30. The summed E-state index contributed by atoms with van der Waals surface area (Å²) in [7, 11) is -1.96. The van der Waals surface area contributed by atoms with Crippen LogP contribution >= 0.6 is 0 Å². The zero-order chi connectivity index (χ0) is 27.3. The van der Waals surface area contributed by atoms with Gasteiger partial charge in [0.25, 0.3) is 0 Å². The largest absolute Gasteiger partial charge is 0.490 e. The molecule has 2 heterocycles. The number of nitrogens with zero attached hydrogens (tertiary/aromatic N) is 5. The Labute approximate surface area is 228 Å². The summed E-state index contributed by atoms with van der Waals surface area (Å²) in [5.41, 5.74) is 6.43. The van der Waals surface area contributed by atoms with Crippen molar-refractivity contribution in [1.82, 2.24) is 14.1 Å². The number of rotatable bonds is 6. The van der Waals surface area contributed by atoms with Crippen LogP contribution in [0.3, 0.4) is 0 Å². The van der Waals surface area contributed by atoms with Gasteiger partial charge in [0.15, 0.2) is 0 Å². The SMILES string of the molecule is C[C@@H]1C2=C(CC[C@@H]2CN(CC#N)S(=O)(=O)c2ccc3c(c2)OCCN3C)Cc2c1cnn2-c1ccc(F)cc1. The van der Waals surface area contributed by atoms with Gasteiger partial charge in [-0.2, -0.15) is 14.7 Å². The average Bonchev–Trinajstić information content (AvgIpc) is 3.54. The van der Waals surface area contributed by atoms with Gasteiger partial charge in [-0.3, -0.25) is 0 Å². The van der Waals surface area contributed by atoms with E-state index >= 15 is 0 Å². The molecule has 0 saturated heterocycles. The van der Waals surface area contributed by atoms with E-state index in [4.69, 9.17) is 4.74 Å². The first-order chi connectivity index (χ1) is 18.8. The molecule has 10 heteroatoms. The van der Waals surface area contributed by atoms with Crippen molar-refractivity contribution >= 4 is 15.7 Å². The van der Waals surface area contributed by atoms with Crippen molar-refractivity contribution in [3.63, 3.8) is 0 Å². The summed E-state index contributed by atoms with van der Waals surface area (Å²) in [6.07, 6.45) is 4.30. The van der Waals surface area contributed by atoms with Crippen molar-refractivity contribution in [3.8, 4) is 17.5 Å². The standard InChI is InChI=1S/C29H30FN5O3S/c1-19-25-17-32-35(23-7-5-22(30)6-8-23)27(25)15-20-3-4-21(29(19)20)18-34(12-11-31)39(36,37)24-9-10-26-28(16-24)38-14-13-33(26)2/h5-10,16-17,19,21H,3-4,12-15,18H2,1-2H3/t19-,21+/m0/s1. The number of anilines is 1. The second-order valence-electron chi connectivity index (χ2n) is 10.5. The molecule has 0 N–H and O–H groups in total. The molecule has 6 rings (SSSR count). The van der Waals surface area contributed by atoms with Crippen molar-refractivity contribution in [2.45, 2.75) is 37.0 Å². The number of allylic oxidation sites excluding steroid dienone is 1. The molecule has 0 fully saturated rings. The molecule has 202 valence electrons. The van der Waals surface area contributed by atoms with Gasteiger partial charge in [-0.25, -0.2) is 17.5 Å². The molecule has 0 amide bonds. The molecule has 1 aliphatic heterocycles. The van der Waals surface area contributed by atoms with Crippen LogP contribution in [0.1, 0.15) is 36.9 Å². The smallest absolute Gasteiger partial charge is 0.244 e. The molecule has 3 aromatic rings. The lowest BCUT2D eigenvalue weighted by Crippen LogP contribution is -2.36. The predicted molar refractivity (Wildman–Crippen MR) is 145 cm³/mol. The Hall–Kier alpha value is -3.68. The third-order valence-corrected chi connectivity index (χ3v) is 10.1. The maximum Gasteiger partial charge on any atom is 0.244 e. The monoisotopic (exact) mass is 547 g/mol. The Morgan fingerprint density at radius 2 is 2.03 bits per heavy atom. The van der Waals surface area contributed by atoms with Gasteiger partial charge in [0.05, 0.1) is 40.8 Å². The number of hydrogen-bond acceptors (Lipinski definition) is 6. The van der Waals surface area contributed by atoms with Crippen LogP contribution in [0.25, 0.3) is 5.69 Å². The average molecular weight is 548 g/mol. The Morgan fingerprint density at radius 1 is 1.23 bits per heavy atom. The van der Waals surface area contributed by atoms with Gasteiger partial charge < -0.3 is 9.64 Å². The fraction of sp³-hybridized carbons (Fsp3) is 0.379. The van der Waals surface area contributed by atoms with E-state index in [0.29, 0.717) is 12.4 Å². The Morgan fingerprint density at radius 3 is 2.79 bits per heavy atom. The minimum absolute atomic E-state index is 0.0143. The third kappa shape index (κ3) is 4.39. The second kappa shape index (κ2) is 9.81. The molecule has 2 aromatic carbocycles. The highest BCUT2D eigenvalue weighted by Gasteiger charge is 2.39. The van der Waals surface area contributed by atoms with Gasteiger partial charge >= 0.3 is 0 Å². The Kier molecular flexibility index (Phi) is 6.44. The van der Waals surface area contributed by atoms with E-state index < -0.39 is 10.0 Å². The van der Waals surface area contributed by atoms with E-state index in [1.54, 1.807) is 30.3 Å². The molecule has 0 spiro atoms. The number of aromatic nitrogens is 2. The van der Waals surface area contributed by atoms with E-state index in [2.05, 4.69) is 18.1 Å². The molecule has 0 radical (unpaired) electrons. The number of benzene rings is 2. The first-order valence-corrected chi connectivity index (χ1v) is 14.6. The van der Waals surface area contributed by atoms with Crippen LogP contribution in [0.4, 0.5) is 10.1 Å². The molecule has 0 saturated carbocycles. The van der Waals surface area contributed by atoms with Gasteiger partial charge in [-0.15, -0.1) is 0 Å². The summed E-state index contributed by atoms with van der Waals surface area (Å²) < 4.78 is 49.9. The molecule has 2 atom stereocenters. The Bertz CT molecular complexity index is 1610.